The Morgan fingerprint density at radius 1 is 0.561 bits per heavy atom. The van der Waals surface area contributed by atoms with E-state index in [0.717, 1.165) is 52.5 Å². The number of aryl methyl sites for hydroxylation is 2. The lowest BCUT2D eigenvalue weighted by molar-refractivity contribution is 0.304. The molecule has 0 atom stereocenters. The van der Waals surface area contributed by atoms with Crippen molar-refractivity contribution < 1.29 is 18.3 Å². The van der Waals surface area contributed by atoms with Gasteiger partial charge in [-0.05, 0) is 66.5 Å². The number of hydrogen-bond acceptors (Lipinski definition) is 4. The average Bonchev–Trinajstić information content (AvgIpc) is 2.90. The Balaban J connectivity index is 1.83. The van der Waals surface area contributed by atoms with Crippen LogP contribution in [0.25, 0.3) is 0 Å². The summed E-state index contributed by atoms with van der Waals surface area (Å²) in [4.78, 5) is 0. The average molecular weight is 579 g/mol. The second-order valence-corrected chi connectivity index (χ2v) is 14.0. The normalized spacial score (nSPS) is 12.0. The van der Waals surface area contributed by atoms with Gasteiger partial charge in [0.15, 0.2) is 0 Å². The summed E-state index contributed by atoms with van der Waals surface area (Å²) in [6.07, 6.45) is 7.48. The molecule has 41 heavy (non-hydrogen) atoms. The Morgan fingerprint density at radius 2 is 1.02 bits per heavy atom. The number of para-hydroxylation sites is 2. The lowest BCUT2D eigenvalue weighted by Crippen LogP contribution is -2.16. The van der Waals surface area contributed by atoms with Crippen LogP contribution in [0.1, 0.15) is 109 Å². The van der Waals surface area contributed by atoms with Crippen molar-refractivity contribution in [2.75, 3.05) is 6.61 Å². The first kappa shape index (κ1) is 32.8. The zero-order valence-corrected chi connectivity index (χ0v) is 27.7. The maximum atomic E-state index is 6.67. The first-order chi connectivity index (χ1) is 19.4. The molecular weight excluding hydrogens is 527 g/mol. The van der Waals surface area contributed by atoms with Crippen LogP contribution < -0.4 is 18.3 Å². The van der Waals surface area contributed by atoms with E-state index < -0.39 is 8.60 Å². The molecule has 0 aliphatic heterocycles. The maximum absolute atomic E-state index is 6.67. The first-order valence-corrected chi connectivity index (χ1v) is 16.3. The Kier molecular flexibility index (Phi) is 12.0. The van der Waals surface area contributed by atoms with Gasteiger partial charge in [0.25, 0.3) is 0 Å². The first-order valence-electron chi connectivity index (χ1n) is 15.2. The summed E-state index contributed by atoms with van der Waals surface area (Å²) in [5.74, 6) is 3.16. The molecule has 0 saturated heterocycles. The van der Waals surface area contributed by atoms with Crippen LogP contribution in [-0.2, 0) is 10.8 Å². The molecule has 3 aromatic carbocycles. The van der Waals surface area contributed by atoms with Crippen molar-refractivity contribution in [2.45, 2.75) is 112 Å². The number of rotatable bonds is 14. The fraction of sp³-hybridized carbons (Fsp3) is 0.500. The Bertz CT molecular complexity index is 1160. The van der Waals surface area contributed by atoms with E-state index >= 15 is 0 Å². The van der Waals surface area contributed by atoms with Gasteiger partial charge < -0.3 is 18.3 Å². The van der Waals surface area contributed by atoms with Gasteiger partial charge in [-0.25, -0.2) is 0 Å². The Labute approximate surface area is 250 Å². The number of benzene rings is 3. The molecule has 0 saturated carbocycles. The monoisotopic (exact) mass is 578 g/mol. The molecule has 0 bridgehead atoms. The van der Waals surface area contributed by atoms with E-state index in [4.69, 9.17) is 18.3 Å². The highest BCUT2D eigenvalue weighted by Gasteiger charge is 2.29. The molecule has 0 N–H and O–H groups in total. The van der Waals surface area contributed by atoms with Crippen molar-refractivity contribution in [1.82, 2.24) is 0 Å². The van der Waals surface area contributed by atoms with Crippen molar-refractivity contribution in [1.29, 1.82) is 0 Å². The van der Waals surface area contributed by atoms with Gasteiger partial charge in [0.05, 0.1) is 6.61 Å². The van der Waals surface area contributed by atoms with E-state index in [0.29, 0.717) is 5.75 Å². The Morgan fingerprint density at radius 3 is 1.51 bits per heavy atom. The third-order valence-corrected chi connectivity index (χ3v) is 8.16. The van der Waals surface area contributed by atoms with Crippen molar-refractivity contribution in [3.05, 3.63) is 82.9 Å². The summed E-state index contributed by atoms with van der Waals surface area (Å²) in [6.45, 7) is 20.3. The van der Waals surface area contributed by atoms with Gasteiger partial charge in [-0.3, -0.25) is 0 Å². The summed E-state index contributed by atoms with van der Waals surface area (Å²) in [7, 11) is -1.82. The molecule has 4 nitrogen and oxygen atoms in total. The van der Waals surface area contributed by atoms with Crippen LogP contribution in [0.4, 0.5) is 0 Å². The standard InChI is InChI=1S/C36H51O4P/c1-10-11-12-13-14-15-26-37-29-22-24-30(25-23-29)38-41(39-33-27(2)18-16-20-31(33)35(4,5)6)40-34-28(3)19-17-21-32(34)36(7,8)9/h16-25H,10-15,26H2,1-9H3. The van der Waals surface area contributed by atoms with Crippen molar-refractivity contribution >= 4 is 8.60 Å². The summed E-state index contributed by atoms with van der Waals surface area (Å²) in [5.41, 5.74) is 4.15. The second-order valence-electron chi connectivity index (χ2n) is 13.0. The van der Waals surface area contributed by atoms with Crippen molar-refractivity contribution in [3.63, 3.8) is 0 Å². The van der Waals surface area contributed by atoms with Gasteiger partial charge in [-0.2, -0.15) is 0 Å². The molecule has 3 aromatic rings. The fourth-order valence-corrected chi connectivity index (χ4v) is 5.88. The molecule has 0 aliphatic rings. The van der Waals surface area contributed by atoms with E-state index in [9.17, 15) is 0 Å². The minimum absolute atomic E-state index is 0.101. The minimum Gasteiger partial charge on any atom is -0.494 e. The SMILES string of the molecule is CCCCCCCCOc1ccc(OP(Oc2c(C)cccc2C(C)(C)C)Oc2c(C)cccc2C(C)(C)C)cc1. The van der Waals surface area contributed by atoms with Crippen LogP contribution in [0, 0.1) is 13.8 Å². The molecule has 0 amide bonds. The summed E-state index contributed by atoms with van der Waals surface area (Å²) in [5, 5.41) is 0. The summed E-state index contributed by atoms with van der Waals surface area (Å²) >= 11 is 0. The van der Waals surface area contributed by atoms with Crippen LogP contribution in [0.5, 0.6) is 23.0 Å². The maximum Gasteiger partial charge on any atom is 0.530 e. The predicted molar refractivity (Wildman–Crippen MR) is 174 cm³/mol. The van der Waals surface area contributed by atoms with Gasteiger partial charge in [0.1, 0.15) is 23.0 Å². The van der Waals surface area contributed by atoms with E-state index in [2.05, 4.69) is 98.7 Å². The lowest BCUT2D eigenvalue weighted by atomic mass is 9.85. The second kappa shape index (κ2) is 15.0. The molecular formula is C36H51O4P. The largest absolute Gasteiger partial charge is 0.530 e. The van der Waals surface area contributed by atoms with Crippen LogP contribution in [0.3, 0.4) is 0 Å². The van der Waals surface area contributed by atoms with Gasteiger partial charge in [0, 0.05) is 11.1 Å². The molecule has 5 heteroatoms. The number of hydrogen-bond donors (Lipinski definition) is 0. The zero-order valence-electron chi connectivity index (χ0n) is 26.8. The highest BCUT2D eigenvalue weighted by atomic mass is 31.2. The van der Waals surface area contributed by atoms with E-state index in [1.165, 1.54) is 32.1 Å². The third-order valence-electron chi connectivity index (χ3n) is 7.14. The molecule has 0 aromatic heterocycles. The molecule has 0 spiro atoms. The summed E-state index contributed by atoms with van der Waals surface area (Å²) < 4.78 is 25.8. The van der Waals surface area contributed by atoms with Gasteiger partial charge in [0.2, 0.25) is 0 Å². The van der Waals surface area contributed by atoms with Gasteiger partial charge >= 0.3 is 8.60 Å². The number of unbranched alkanes of at least 4 members (excludes halogenated alkanes) is 5. The van der Waals surface area contributed by atoms with Crippen LogP contribution in [0.2, 0.25) is 0 Å². The number of ether oxygens (including phenoxy) is 1. The van der Waals surface area contributed by atoms with E-state index in [-0.39, 0.29) is 10.8 Å². The zero-order chi connectivity index (χ0) is 30.0. The van der Waals surface area contributed by atoms with Gasteiger partial charge in [-0.1, -0.05) is 117 Å². The summed E-state index contributed by atoms with van der Waals surface area (Å²) in [6, 6.07) is 20.3. The minimum atomic E-state index is -1.82. The molecule has 224 valence electrons. The van der Waals surface area contributed by atoms with Crippen molar-refractivity contribution in [2.24, 2.45) is 0 Å². The predicted octanol–water partition coefficient (Wildman–Crippen LogP) is 11.4. The van der Waals surface area contributed by atoms with E-state index in [1.807, 2.05) is 24.3 Å². The molecule has 0 radical (unpaired) electrons. The molecule has 3 rings (SSSR count). The van der Waals surface area contributed by atoms with E-state index in [1.54, 1.807) is 0 Å². The fourth-order valence-electron chi connectivity index (χ4n) is 4.69. The van der Waals surface area contributed by atoms with Crippen LogP contribution >= 0.6 is 8.60 Å². The topological polar surface area (TPSA) is 36.9 Å². The van der Waals surface area contributed by atoms with Crippen molar-refractivity contribution in [3.8, 4) is 23.0 Å². The van der Waals surface area contributed by atoms with Crippen LogP contribution in [0.15, 0.2) is 60.7 Å². The molecule has 0 aliphatic carbocycles. The Hall–Kier alpha value is -2.71. The molecule has 0 unspecified atom stereocenters. The van der Waals surface area contributed by atoms with Gasteiger partial charge in [-0.15, -0.1) is 0 Å². The smallest absolute Gasteiger partial charge is 0.494 e. The van der Waals surface area contributed by atoms with Crippen LogP contribution in [-0.4, -0.2) is 6.61 Å². The molecule has 0 fully saturated rings. The third kappa shape index (κ3) is 9.96. The highest BCUT2D eigenvalue weighted by Crippen LogP contribution is 2.49. The lowest BCUT2D eigenvalue weighted by Gasteiger charge is -2.28. The molecule has 0 heterocycles. The quantitative estimate of drug-likeness (QED) is 0.141. The highest BCUT2D eigenvalue weighted by molar-refractivity contribution is 7.43.